The Kier molecular flexibility index (Phi) is 7.27. The molecule has 0 radical (unpaired) electrons. The first kappa shape index (κ1) is 16.7. The number of hydrogen-bond donors (Lipinski definition) is 0. The van der Waals surface area contributed by atoms with Gasteiger partial charge in [0.1, 0.15) is 5.82 Å². The predicted molar refractivity (Wildman–Crippen MR) is 82.5 cm³/mol. The van der Waals surface area contributed by atoms with Crippen molar-refractivity contribution in [3.05, 3.63) is 29.7 Å². The molecule has 1 aromatic heterocycles. The molecule has 2 rings (SSSR count). The van der Waals surface area contributed by atoms with E-state index >= 15 is 0 Å². The van der Waals surface area contributed by atoms with Crippen LogP contribution in [-0.2, 0) is 0 Å². The first-order valence-corrected chi connectivity index (χ1v) is 7.72. The van der Waals surface area contributed by atoms with Gasteiger partial charge in [0.2, 0.25) is 0 Å². The van der Waals surface area contributed by atoms with Gasteiger partial charge < -0.3 is 4.52 Å². The third kappa shape index (κ3) is 4.32. The van der Waals surface area contributed by atoms with Crippen LogP contribution in [0.2, 0.25) is 0 Å². The number of halogens is 1. The van der Waals surface area contributed by atoms with Crippen molar-refractivity contribution in [2.45, 2.75) is 65.7 Å². The van der Waals surface area contributed by atoms with E-state index in [0.717, 1.165) is 36.8 Å². The Morgan fingerprint density at radius 2 is 1.70 bits per heavy atom. The van der Waals surface area contributed by atoms with Crippen LogP contribution in [-0.4, -0.2) is 5.16 Å². The van der Waals surface area contributed by atoms with Gasteiger partial charge in [0, 0.05) is 17.4 Å². The standard InChI is InChI=1S/C14H18FNO.C3H8/c1-3-5-10(6-4-2)14-12-8-7-11(15)9-13(12)17-16-14;1-3-2/h7-10H,3-6H2,1-2H3;3H2,1-2H3. The molecule has 1 heterocycles. The van der Waals surface area contributed by atoms with Crippen molar-refractivity contribution in [3.63, 3.8) is 0 Å². The fraction of sp³-hybridized carbons (Fsp3) is 0.588. The quantitative estimate of drug-likeness (QED) is 0.664. The zero-order valence-electron chi connectivity index (χ0n) is 13.1. The van der Waals surface area contributed by atoms with Gasteiger partial charge in [-0.1, -0.05) is 52.1 Å². The second-order valence-electron chi connectivity index (χ2n) is 5.19. The highest BCUT2D eigenvalue weighted by Gasteiger charge is 2.18. The summed E-state index contributed by atoms with van der Waals surface area (Å²) >= 11 is 0. The molecule has 0 unspecified atom stereocenters. The zero-order chi connectivity index (χ0) is 15.0. The molecule has 20 heavy (non-hydrogen) atoms. The molecule has 2 aromatic rings. The van der Waals surface area contributed by atoms with Crippen LogP contribution in [0.1, 0.15) is 71.4 Å². The van der Waals surface area contributed by atoms with Gasteiger partial charge in [-0.2, -0.15) is 0 Å². The summed E-state index contributed by atoms with van der Waals surface area (Å²) in [4.78, 5) is 0. The van der Waals surface area contributed by atoms with Crippen molar-refractivity contribution < 1.29 is 8.91 Å². The molecule has 0 aliphatic carbocycles. The summed E-state index contributed by atoms with van der Waals surface area (Å²) in [5.41, 5.74) is 1.54. The molecule has 0 bridgehead atoms. The van der Waals surface area contributed by atoms with E-state index < -0.39 is 0 Å². The molecule has 112 valence electrons. The lowest BCUT2D eigenvalue weighted by Gasteiger charge is -2.11. The fourth-order valence-electron chi connectivity index (χ4n) is 2.34. The Morgan fingerprint density at radius 1 is 1.10 bits per heavy atom. The lowest BCUT2D eigenvalue weighted by atomic mass is 9.93. The topological polar surface area (TPSA) is 26.0 Å². The van der Waals surface area contributed by atoms with Crippen molar-refractivity contribution >= 4 is 11.0 Å². The Morgan fingerprint density at radius 3 is 2.25 bits per heavy atom. The van der Waals surface area contributed by atoms with Gasteiger partial charge in [-0.25, -0.2) is 4.39 Å². The number of fused-ring (bicyclic) bond motifs is 1. The Balaban J connectivity index is 0.000000612. The van der Waals surface area contributed by atoms with Gasteiger partial charge in [0.05, 0.1) is 5.69 Å². The maximum atomic E-state index is 13.1. The monoisotopic (exact) mass is 279 g/mol. The van der Waals surface area contributed by atoms with Gasteiger partial charge in [0.15, 0.2) is 5.58 Å². The van der Waals surface area contributed by atoms with Crippen LogP contribution < -0.4 is 0 Å². The summed E-state index contributed by atoms with van der Waals surface area (Å²) in [7, 11) is 0. The molecule has 3 heteroatoms. The average Bonchev–Trinajstić information content (AvgIpc) is 2.82. The van der Waals surface area contributed by atoms with E-state index in [9.17, 15) is 4.39 Å². The zero-order valence-corrected chi connectivity index (χ0v) is 13.1. The summed E-state index contributed by atoms with van der Waals surface area (Å²) < 4.78 is 18.3. The highest BCUT2D eigenvalue weighted by Crippen LogP contribution is 2.31. The Labute approximate surface area is 121 Å². The maximum Gasteiger partial charge on any atom is 0.170 e. The average molecular weight is 279 g/mol. The van der Waals surface area contributed by atoms with Crippen molar-refractivity contribution in [1.82, 2.24) is 5.16 Å². The van der Waals surface area contributed by atoms with Crippen LogP contribution in [0.3, 0.4) is 0 Å². The highest BCUT2D eigenvalue weighted by molar-refractivity contribution is 5.79. The first-order chi connectivity index (χ1) is 9.67. The summed E-state index contributed by atoms with van der Waals surface area (Å²) in [5.74, 6) is 0.152. The van der Waals surface area contributed by atoms with Gasteiger partial charge in [-0.15, -0.1) is 0 Å². The molecule has 0 aliphatic heterocycles. The minimum absolute atomic E-state index is 0.275. The van der Waals surface area contributed by atoms with Crippen molar-refractivity contribution in [1.29, 1.82) is 0 Å². The molecule has 1 aromatic carbocycles. The summed E-state index contributed by atoms with van der Waals surface area (Å²) in [6.45, 7) is 8.59. The molecule has 0 saturated heterocycles. The second-order valence-corrected chi connectivity index (χ2v) is 5.19. The SMILES string of the molecule is CCC.CCCC(CCC)c1noc2cc(F)ccc12. The Bertz CT molecular complexity index is 501. The summed E-state index contributed by atoms with van der Waals surface area (Å²) in [5, 5.41) is 5.09. The lowest BCUT2D eigenvalue weighted by molar-refractivity contribution is 0.424. The van der Waals surface area contributed by atoms with Crippen LogP contribution in [0.15, 0.2) is 22.7 Å². The molecule has 0 saturated carbocycles. The molecule has 0 fully saturated rings. The number of aromatic nitrogens is 1. The van der Waals surface area contributed by atoms with Gasteiger partial charge in [0.25, 0.3) is 0 Å². The summed E-state index contributed by atoms with van der Waals surface area (Å²) in [6.07, 6.45) is 5.71. The minimum atomic E-state index is -0.275. The van der Waals surface area contributed by atoms with Crippen molar-refractivity contribution in [3.8, 4) is 0 Å². The van der Waals surface area contributed by atoms with Crippen molar-refractivity contribution in [2.75, 3.05) is 0 Å². The van der Waals surface area contributed by atoms with Crippen LogP contribution in [0, 0.1) is 5.82 Å². The van der Waals surface area contributed by atoms with E-state index in [1.54, 1.807) is 6.07 Å². The molecule has 0 N–H and O–H groups in total. The number of benzene rings is 1. The molecular formula is C17H26FNO. The highest BCUT2D eigenvalue weighted by atomic mass is 19.1. The number of nitrogens with zero attached hydrogens (tertiary/aromatic N) is 1. The lowest BCUT2D eigenvalue weighted by Crippen LogP contribution is -1.99. The van der Waals surface area contributed by atoms with Crippen molar-refractivity contribution in [2.24, 2.45) is 0 Å². The van der Waals surface area contributed by atoms with Gasteiger partial charge >= 0.3 is 0 Å². The van der Waals surface area contributed by atoms with E-state index in [0.29, 0.717) is 11.5 Å². The fourth-order valence-corrected chi connectivity index (χ4v) is 2.34. The molecule has 0 amide bonds. The van der Waals surface area contributed by atoms with Gasteiger partial charge in [-0.05, 0) is 25.0 Å². The van der Waals surface area contributed by atoms with Crippen LogP contribution >= 0.6 is 0 Å². The molecule has 2 nitrogen and oxygen atoms in total. The molecule has 0 aliphatic rings. The maximum absolute atomic E-state index is 13.1. The van der Waals surface area contributed by atoms with Crippen LogP contribution in [0.4, 0.5) is 4.39 Å². The van der Waals surface area contributed by atoms with E-state index in [2.05, 4.69) is 32.9 Å². The minimum Gasteiger partial charge on any atom is -0.356 e. The van der Waals surface area contributed by atoms with E-state index in [1.165, 1.54) is 18.6 Å². The van der Waals surface area contributed by atoms with Gasteiger partial charge in [-0.3, -0.25) is 0 Å². The predicted octanol–water partition coefficient (Wildman–Crippen LogP) is 6.07. The summed E-state index contributed by atoms with van der Waals surface area (Å²) in [6, 6.07) is 4.65. The third-order valence-corrected chi connectivity index (χ3v) is 3.12. The van der Waals surface area contributed by atoms with E-state index in [1.807, 2.05) is 0 Å². The van der Waals surface area contributed by atoms with E-state index in [4.69, 9.17) is 4.52 Å². The molecular weight excluding hydrogens is 253 g/mol. The van der Waals surface area contributed by atoms with E-state index in [-0.39, 0.29) is 5.82 Å². The number of hydrogen-bond acceptors (Lipinski definition) is 2. The number of rotatable bonds is 5. The molecule has 0 spiro atoms. The first-order valence-electron chi connectivity index (χ1n) is 7.72. The third-order valence-electron chi connectivity index (χ3n) is 3.12. The second kappa shape index (κ2) is 8.72. The molecule has 0 atom stereocenters. The largest absolute Gasteiger partial charge is 0.356 e. The Hall–Kier alpha value is -1.38. The normalized spacial score (nSPS) is 10.7. The smallest absolute Gasteiger partial charge is 0.170 e. The van der Waals surface area contributed by atoms with Crippen LogP contribution in [0.25, 0.3) is 11.0 Å². The van der Waals surface area contributed by atoms with Crippen LogP contribution in [0.5, 0.6) is 0 Å².